The molecule has 0 amide bonds. The standard InChI is InChI=1S/C48H72O21/c1-43(2)23-8-11-48(7)36(21(50)16-19-20-17-45(4,13-12-44(20,3)14-15-47(19,48)6)42(63)69-39-31(57)26(52)25(51)22(18-49)64-39)46(23,5)10-9-24(43)65-41-35(30(56)29(55)34(67-41)38(61)62)68-40-32(58)27(53)28(54)33(66-40)37(59)60/h16,20,22-36,39-41,49,51-58H,8-15,17-18H2,1-7H3,(H,59,60)(H,61,62)/t20-,22+,23?,24-,25+,26-,27-,28-,29-,30-,31+,32+,33-,34-,35+,36?,39-,40-,41+,44+,45-,46-,47+,48+/m0/s1. The average molecular weight is 985 g/mol. The topological polar surface area (TPSA) is 346 Å². The number of hydrogen-bond donors (Lipinski definition) is 11. The minimum atomic E-state index is -2.08. The molecule has 0 spiro atoms. The van der Waals surface area contributed by atoms with Gasteiger partial charge in [0.1, 0.15) is 61.0 Å². The predicted octanol–water partition coefficient (Wildman–Crippen LogP) is -0.496. The molecule has 4 saturated carbocycles. The number of hydrogen-bond acceptors (Lipinski definition) is 19. The van der Waals surface area contributed by atoms with Crippen LogP contribution in [0.5, 0.6) is 0 Å². The summed E-state index contributed by atoms with van der Waals surface area (Å²) >= 11 is 0. The lowest BCUT2D eigenvalue weighted by Crippen LogP contribution is -2.68. The van der Waals surface area contributed by atoms with Gasteiger partial charge in [0.2, 0.25) is 6.29 Å². The number of carbonyl (C=O) groups is 4. The number of ether oxygens (including phenoxy) is 6. The van der Waals surface area contributed by atoms with Gasteiger partial charge in [0, 0.05) is 5.92 Å². The maximum Gasteiger partial charge on any atom is 0.335 e. The smallest absolute Gasteiger partial charge is 0.335 e. The Balaban J connectivity index is 1.04. The summed E-state index contributed by atoms with van der Waals surface area (Å²) in [7, 11) is 0. The lowest BCUT2D eigenvalue weighted by molar-refractivity contribution is -0.371. The Kier molecular flexibility index (Phi) is 13.7. The number of carbonyl (C=O) groups excluding carboxylic acids is 2. The van der Waals surface area contributed by atoms with Crippen molar-refractivity contribution in [3.63, 3.8) is 0 Å². The summed E-state index contributed by atoms with van der Waals surface area (Å²) in [5.74, 6) is -4.80. The fourth-order valence-electron chi connectivity index (χ4n) is 14.8. The second kappa shape index (κ2) is 18.0. The Hall–Kier alpha value is -2.74. The summed E-state index contributed by atoms with van der Waals surface area (Å²) in [4.78, 5) is 53.4. The molecule has 390 valence electrons. The first kappa shape index (κ1) is 52.6. The number of ketones is 1. The fourth-order valence-corrected chi connectivity index (χ4v) is 14.8. The van der Waals surface area contributed by atoms with Gasteiger partial charge in [0.05, 0.1) is 18.1 Å². The van der Waals surface area contributed by atoms with Crippen molar-refractivity contribution in [3.05, 3.63) is 11.6 Å². The number of fused-ring (bicyclic) bond motifs is 7. The minimum absolute atomic E-state index is 0.0173. The van der Waals surface area contributed by atoms with E-state index in [-0.39, 0.29) is 23.0 Å². The highest BCUT2D eigenvalue weighted by Crippen LogP contribution is 2.75. The third-order valence-corrected chi connectivity index (χ3v) is 19.3. The van der Waals surface area contributed by atoms with Crippen LogP contribution >= 0.6 is 0 Å². The molecule has 3 heterocycles. The number of aliphatic hydroxyl groups excluding tert-OH is 9. The van der Waals surface area contributed by atoms with Crippen LogP contribution in [0, 0.1) is 50.2 Å². The maximum absolute atomic E-state index is 15.2. The van der Waals surface area contributed by atoms with Crippen molar-refractivity contribution in [2.45, 2.75) is 204 Å². The van der Waals surface area contributed by atoms with Crippen molar-refractivity contribution in [1.82, 2.24) is 0 Å². The largest absolute Gasteiger partial charge is 0.479 e. The van der Waals surface area contributed by atoms with Gasteiger partial charge in [-0.25, -0.2) is 9.59 Å². The van der Waals surface area contributed by atoms with Crippen LogP contribution in [0.25, 0.3) is 0 Å². The van der Waals surface area contributed by atoms with Crippen molar-refractivity contribution in [2.24, 2.45) is 50.2 Å². The van der Waals surface area contributed by atoms with Crippen LogP contribution in [0.1, 0.15) is 106 Å². The van der Waals surface area contributed by atoms with E-state index in [2.05, 4.69) is 27.7 Å². The van der Waals surface area contributed by atoms with Gasteiger partial charge in [-0.2, -0.15) is 0 Å². The molecule has 24 atom stereocenters. The van der Waals surface area contributed by atoms with E-state index < -0.39 is 156 Å². The van der Waals surface area contributed by atoms with Crippen molar-refractivity contribution in [1.29, 1.82) is 0 Å². The van der Waals surface area contributed by atoms with Gasteiger partial charge >= 0.3 is 17.9 Å². The molecule has 0 radical (unpaired) electrons. The second-order valence-corrected chi connectivity index (χ2v) is 23.4. The van der Waals surface area contributed by atoms with E-state index in [9.17, 15) is 70.6 Å². The fraction of sp³-hybridized carbons (Fsp3) is 0.875. The number of carboxylic acid groups (broad SMARTS) is 2. The molecule has 3 aliphatic heterocycles. The first-order valence-electron chi connectivity index (χ1n) is 24.3. The summed E-state index contributed by atoms with van der Waals surface area (Å²) < 4.78 is 34.7. The van der Waals surface area contributed by atoms with E-state index >= 15 is 4.79 Å². The van der Waals surface area contributed by atoms with E-state index in [0.717, 1.165) is 18.4 Å². The van der Waals surface area contributed by atoms with Crippen molar-refractivity contribution < 1.29 is 104 Å². The summed E-state index contributed by atoms with van der Waals surface area (Å²) in [5.41, 5.74) is -2.69. The number of carboxylic acids is 2. The van der Waals surface area contributed by atoms with Gasteiger partial charge < -0.3 is 84.6 Å². The van der Waals surface area contributed by atoms with Crippen molar-refractivity contribution in [2.75, 3.05) is 6.61 Å². The van der Waals surface area contributed by atoms with Crippen LogP contribution in [0.15, 0.2) is 11.6 Å². The molecule has 8 aliphatic rings. The average Bonchev–Trinajstić information content (AvgIpc) is 3.27. The molecule has 8 rings (SSSR count). The summed E-state index contributed by atoms with van der Waals surface area (Å²) in [6.45, 7) is 13.9. The summed E-state index contributed by atoms with van der Waals surface area (Å²) in [5, 5.41) is 114. The molecule has 69 heavy (non-hydrogen) atoms. The number of allylic oxidation sites excluding steroid dienone is 2. The highest BCUT2D eigenvalue weighted by atomic mass is 16.8. The zero-order valence-electron chi connectivity index (χ0n) is 40.1. The van der Waals surface area contributed by atoms with Gasteiger partial charge in [0.25, 0.3) is 0 Å². The van der Waals surface area contributed by atoms with Crippen LogP contribution in [0.2, 0.25) is 0 Å². The number of aliphatic carboxylic acids is 2. The molecular weight excluding hydrogens is 913 g/mol. The first-order valence-corrected chi connectivity index (χ1v) is 24.3. The molecule has 0 bridgehead atoms. The Morgan fingerprint density at radius 3 is 1.86 bits per heavy atom. The molecule has 0 aromatic rings. The molecule has 21 nitrogen and oxygen atoms in total. The van der Waals surface area contributed by atoms with Gasteiger partial charge in [-0.1, -0.05) is 47.1 Å². The monoisotopic (exact) mass is 984 g/mol. The first-order chi connectivity index (χ1) is 32.0. The van der Waals surface area contributed by atoms with E-state index in [4.69, 9.17) is 28.4 Å². The van der Waals surface area contributed by atoms with Crippen LogP contribution < -0.4 is 0 Å². The number of rotatable bonds is 9. The Morgan fingerprint density at radius 1 is 0.652 bits per heavy atom. The van der Waals surface area contributed by atoms with E-state index in [0.29, 0.717) is 44.9 Å². The van der Waals surface area contributed by atoms with E-state index in [1.54, 1.807) is 6.92 Å². The second-order valence-electron chi connectivity index (χ2n) is 23.4. The van der Waals surface area contributed by atoms with Crippen LogP contribution in [-0.2, 0) is 47.6 Å². The normalized spacial score (nSPS) is 52.8. The van der Waals surface area contributed by atoms with Gasteiger partial charge in [-0.15, -0.1) is 0 Å². The summed E-state index contributed by atoms with van der Waals surface area (Å²) in [6, 6.07) is 0. The van der Waals surface area contributed by atoms with Crippen LogP contribution in [0.4, 0.5) is 0 Å². The SMILES string of the molecule is CC1(C)C2CC[C@]3(C)C(C(=O)C=C4[C@@H]5C[C@@](C)(C(=O)O[C@@H]6O[C@H](CO)[C@@H](O)[C@H](O)[C@H]6O)CC[C@]5(C)CC[C@]43C)[C@@]2(C)CC[C@@H]1O[C@@H]1O[C@H](C(=O)O)[C@@H](O)[C@H](O)[C@H]1O[C@@H]1O[C@H](C(=O)O)[C@@H](O)[C@H](O)[C@H]1O. The van der Waals surface area contributed by atoms with Crippen molar-refractivity contribution >= 4 is 23.7 Å². The molecule has 2 unspecified atom stereocenters. The molecule has 5 aliphatic carbocycles. The van der Waals surface area contributed by atoms with E-state index in [1.807, 2.05) is 19.9 Å². The maximum atomic E-state index is 15.2. The summed E-state index contributed by atoms with van der Waals surface area (Å²) in [6.07, 6.45) is -21.6. The third kappa shape index (κ3) is 8.13. The lowest BCUT2D eigenvalue weighted by Gasteiger charge is -2.70. The van der Waals surface area contributed by atoms with Crippen LogP contribution in [0.3, 0.4) is 0 Å². The van der Waals surface area contributed by atoms with Crippen molar-refractivity contribution in [3.8, 4) is 0 Å². The van der Waals surface area contributed by atoms with Crippen LogP contribution in [-0.4, -0.2) is 185 Å². The highest BCUT2D eigenvalue weighted by Gasteiger charge is 2.71. The number of aliphatic hydroxyl groups is 9. The zero-order chi connectivity index (χ0) is 50.9. The van der Waals surface area contributed by atoms with E-state index in [1.165, 1.54) is 0 Å². The number of esters is 1. The quantitative estimate of drug-likeness (QED) is 0.102. The zero-order valence-corrected chi connectivity index (χ0v) is 40.1. The lowest BCUT2D eigenvalue weighted by atomic mass is 9.33. The molecule has 0 aromatic carbocycles. The molecular formula is C48H72O21. The Morgan fingerprint density at radius 2 is 1.23 bits per heavy atom. The predicted molar refractivity (Wildman–Crippen MR) is 232 cm³/mol. The van der Waals surface area contributed by atoms with Gasteiger partial charge in [0.15, 0.2) is 30.6 Å². The Bertz CT molecular complexity index is 2050. The molecule has 7 fully saturated rings. The van der Waals surface area contributed by atoms with Gasteiger partial charge in [-0.05, 0) is 110 Å². The third-order valence-electron chi connectivity index (χ3n) is 19.3. The molecule has 0 aromatic heterocycles. The molecule has 11 N–H and O–H groups in total. The highest BCUT2D eigenvalue weighted by molar-refractivity contribution is 5.95. The molecule has 21 heteroatoms. The minimum Gasteiger partial charge on any atom is -0.479 e. The molecule has 3 saturated heterocycles. The Labute approximate surface area is 399 Å². The van der Waals surface area contributed by atoms with Gasteiger partial charge in [-0.3, -0.25) is 9.59 Å².